The fraction of sp³-hybridized carbons (Fsp3) is 0.125. The Kier molecular flexibility index (Phi) is 1.27. The lowest BCUT2D eigenvalue weighted by Gasteiger charge is -1.82. The molecule has 0 saturated carbocycles. The first kappa shape index (κ1) is 5.98. The molecule has 0 saturated heterocycles. The lowest BCUT2D eigenvalue weighted by atomic mass is 10.3. The molecule has 1 aromatic carbocycles. The quantitative estimate of drug-likeness (QED) is 0.551. The Labute approximate surface area is 64.2 Å². The maximum atomic E-state index is 4.33. The molecule has 0 N–H and O–H groups in total. The van der Waals surface area contributed by atoms with Crippen LogP contribution in [0.15, 0.2) is 29.2 Å². The van der Waals surface area contributed by atoms with Crippen molar-refractivity contribution in [2.45, 2.75) is 11.8 Å². The lowest BCUT2D eigenvalue weighted by molar-refractivity contribution is 1.31. The molecule has 10 heavy (non-hydrogen) atoms. The van der Waals surface area contributed by atoms with Crippen LogP contribution in [-0.4, -0.2) is 5.04 Å². The first-order chi connectivity index (χ1) is 4.86. The molecule has 2 rings (SSSR count). The highest BCUT2D eigenvalue weighted by molar-refractivity contribution is 8.14. The number of fused-ring (bicyclic) bond motifs is 1. The van der Waals surface area contributed by atoms with E-state index in [1.165, 1.54) is 4.90 Å². The van der Waals surface area contributed by atoms with Gasteiger partial charge in [-0.15, -0.1) is 0 Å². The summed E-state index contributed by atoms with van der Waals surface area (Å²) < 4.78 is 0. The monoisotopic (exact) mass is 149 g/mol. The summed E-state index contributed by atoms with van der Waals surface area (Å²) in [7, 11) is 0. The van der Waals surface area contributed by atoms with Crippen molar-refractivity contribution in [1.29, 1.82) is 0 Å². The molecule has 0 fully saturated rings. The number of benzene rings is 1. The zero-order chi connectivity index (χ0) is 6.97. The number of rotatable bonds is 0. The standard InChI is InChI=1S/C8H7NS/c1-6-9-7-4-2-3-5-8(7)10-6/h2-5H,1H3/q+1. The van der Waals surface area contributed by atoms with Crippen molar-refractivity contribution in [2.75, 3.05) is 0 Å². The molecule has 1 aromatic rings. The van der Waals surface area contributed by atoms with E-state index in [-0.39, 0.29) is 0 Å². The molecule has 0 aromatic heterocycles. The van der Waals surface area contributed by atoms with Crippen LogP contribution in [0.1, 0.15) is 6.92 Å². The molecule has 1 aliphatic heterocycles. The van der Waals surface area contributed by atoms with Crippen molar-refractivity contribution >= 4 is 22.5 Å². The predicted molar refractivity (Wildman–Crippen MR) is 44.8 cm³/mol. The fourth-order valence-electron chi connectivity index (χ4n) is 0.987. The molecule has 1 heterocycles. The summed E-state index contributed by atoms with van der Waals surface area (Å²) in [5, 5.41) is 1.14. The SMILES string of the molecule is CC1=[N+]c2ccccc2S1. The summed E-state index contributed by atoms with van der Waals surface area (Å²) in [5.41, 5.74) is 1.12. The van der Waals surface area contributed by atoms with Gasteiger partial charge in [-0.25, -0.2) is 0 Å². The number of para-hydroxylation sites is 1. The van der Waals surface area contributed by atoms with Crippen LogP contribution in [0.4, 0.5) is 5.69 Å². The average Bonchev–Trinajstić information content (AvgIpc) is 2.27. The van der Waals surface area contributed by atoms with Crippen molar-refractivity contribution < 1.29 is 0 Å². The van der Waals surface area contributed by atoms with Crippen LogP contribution in [0.25, 0.3) is 0 Å². The van der Waals surface area contributed by atoms with Crippen LogP contribution in [0.2, 0.25) is 0 Å². The second-order valence-electron chi connectivity index (χ2n) is 2.20. The second-order valence-corrected chi connectivity index (χ2v) is 3.44. The number of hydrogen-bond acceptors (Lipinski definition) is 2. The van der Waals surface area contributed by atoms with Gasteiger partial charge in [0.1, 0.15) is 0 Å². The third kappa shape index (κ3) is 0.847. The molecule has 0 atom stereocenters. The fourth-order valence-corrected chi connectivity index (χ4v) is 1.81. The number of aliphatic imine (C=N–C) groups is 1. The molecule has 0 aliphatic carbocycles. The number of thioether (sulfide) groups is 1. The third-order valence-corrected chi connectivity index (χ3v) is 2.35. The largest absolute Gasteiger partial charge is 0.292 e. The van der Waals surface area contributed by atoms with Crippen molar-refractivity contribution in [3.63, 3.8) is 0 Å². The Morgan fingerprint density at radius 3 is 2.90 bits per heavy atom. The zero-order valence-corrected chi connectivity index (χ0v) is 6.48. The lowest BCUT2D eigenvalue weighted by Crippen LogP contribution is -1.82. The molecule has 2 heteroatoms. The zero-order valence-electron chi connectivity index (χ0n) is 5.66. The summed E-state index contributed by atoms with van der Waals surface area (Å²) >= 11 is 1.74. The molecular formula is C8H7NS+. The van der Waals surface area contributed by atoms with E-state index in [1.54, 1.807) is 11.8 Å². The van der Waals surface area contributed by atoms with Gasteiger partial charge in [0.25, 0.3) is 10.7 Å². The molecule has 1 nitrogen and oxygen atoms in total. The van der Waals surface area contributed by atoms with Crippen LogP contribution in [0.3, 0.4) is 0 Å². The van der Waals surface area contributed by atoms with Gasteiger partial charge < -0.3 is 0 Å². The summed E-state index contributed by atoms with van der Waals surface area (Å²) in [6, 6.07) is 8.19. The van der Waals surface area contributed by atoms with Gasteiger partial charge in [0.2, 0.25) is 0 Å². The molecule has 1 aliphatic rings. The van der Waals surface area contributed by atoms with E-state index in [0.29, 0.717) is 0 Å². The van der Waals surface area contributed by atoms with E-state index in [2.05, 4.69) is 11.1 Å². The summed E-state index contributed by atoms with van der Waals surface area (Å²) in [4.78, 5) is 5.61. The van der Waals surface area contributed by atoms with E-state index in [1.807, 2.05) is 25.1 Å². The highest BCUT2D eigenvalue weighted by atomic mass is 32.2. The highest BCUT2D eigenvalue weighted by Crippen LogP contribution is 2.31. The Hall–Kier alpha value is -0.760. The minimum Gasteiger partial charge on any atom is -0.0606 e. The maximum Gasteiger partial charge on any atom is 0.292 e. The van der Waals surface area contributed by atoms with Gasteiger partial charge in [-0.2, -0.15) is 0 Å². The van der Waals surface area contributed by atoms with Gasteiger partial charge in [0.15, 0.2) is 0 Å². The van der Waals surface area contributed by atoms with Crippen LogP contribution in [0.5, 0.6) is 0 Å². The minimum atomic E-state index is 1.12. The first-order valence-corrected chi connectivity index (χ1v) is 4.00. The van der Waals surface area contributed by atoms with Crippen LogP contribution < -0.4 is 4.99 Å². The van der Waals surface area contributed by atoms with Crippen LogP contribution >= 0.6 is 11.8 Å². The summed E-state index contributed by atoms with van der Waals surface area (Å²) in [6.07, 6.45) is 0. The van der Waals surface area contributed by atoms with Gasteiger partial charge in [-0.3, -0.25) is 0 Å². The summed E-state index contributed by atoms with van der Waals surface area (Å²) in [6.45, 7) is 2.03. The minimum absolute atomic E-state index is 1.12. The van der Waals surface area contributed by atoms with Crippen LogP contribution in [-0.2, 0) is 0 Å². The van der Waals surface area contributed by atoms with Gasteiger partial charge in [0.05, 0.1) is 9.89 Å². The van der Waals surface area contributed by atoms with Gasteiger partial charge >= 0.3 is 0 Å². The number of hydrogen-bond donors (Lipinski definition) is 0. The molecule has 0 bridgehead atoms. The average molecular weight is 149 g/mol. The first-order valence-electron chi connectivity index (χ1n) is 3.18. The van der Waals surface area contributed by atoms with Crippen molar-refractivity contribution in [2.24, 2.45) is 0 Å². The predicted octanol–water partition coefficient (Wildman–Crippen LogP) is 2.18. The topological polar surface area (TPSA) is 14.1 Å². The van der Waals surface area contributed by atoms with Crippen molar-refractivity contribution in [3.05, 3.63) is 24.3 Å². The Morgan fingerprint density at radius 2 is 2.10 bits per heavy atom. The molecule has 1 radical (unpaired) electrons. The Bertz CT molecular complexity index is 291. The van der Waals surface area contributed by atoms with E-state index >= 15 is 0 Å². The molecule has 0 spiro atoms. The molecule has 0 amide bonds. The molecular weight excluding hydrogens is 142 g/mol. The van der Waals surface area contributed by atoms with Crippen molar-refractivity contribution in [1.82, 2.24) is 4.99 Å². The second kappa shape index (κ2) is 2.13. The van der Waals surface area contributed by atoms with E-state index in [9.17, 15) is 0 Å². The number of nitrogens with zero attached hydrogens (tertiary/aromatic N) is 1. The van der Waals surface area contributed by atoms with Crippen LogP contribution in [0, 0.1) is 0 Å². The van der Waals surface area contributed by atoms with E-state index < -0.39 is 0 Å². The van der Waals surface area contributed by atoms with Gasteiger partial charge in [0, 0.05) is 13.0 Å². The van der Waals surface area contributed by atoms with Gasteiger partial charge in [-0.05, 0) is 17.8 Å². The van der Waals surface area contributed by atoms with E-state index in [4.69, 9.17) is 0 Å². The molecule has 49 valence electrons. The maximum absolute atomic E-state index is 4.33. The van der Waals surface area contributed by atoms with Crippen molar-refractivity contribution in [3.8, 4) is 0 Å². The third-order valence-electron chi connectivity index (χ3n) is 1.40. The van der Waals surface area contributed by atoms with E-state index in [0.717, 1.165) is 10.7 Å². The molecule has 0 unspecified atom stereocenters. The summed E-state index contributed by atoms with van der Waals surface area (Å²) in [5.74, 6) is 0. The normalized spacial score (nSPS) is 14.7. The highest BCUT2D eigenvalue weighted by Gasteiger charge is 2.23. The smallest absolute Gasteiger partial charge is 0.0606 e. The Balaban J connectivity index is 2.54. The Morgan fingerprint density at radius 1 is 1.30 bits per heavy atom. The van der Waals surface area contributed by atoms with Gasteiger partial charge in [-0.1, -0.05) is 12.1 Å².